The molecule has 0 bridgehead atoms. The summed E-state index contributed by atoms with van der Waals surface area (Å²) < 4.78 is 10.9. The first-order chi connectivity index (χ1) is 15.7. The number of benzene rings is 2. The van der Waals surface area contributed by atoms with Gasteiger partial charge in [0.15, 0.2) is 0 Å². The Morgan fingerprint density at radius 2 is 1.26 bits per heavy atom. The minimum atomic E-state index is -1.98. The fourth-order valence-electron chi connectivity index (χ4n) is 4.04. The van der Waals surface area contributed by atoms with E-state index in [2.05, 4.69) is 0 Å². The molecule has 2 rings (SSSR count). The van der Waals surface area contributed by atoms with Crippen molar-refractivity contribution in [3.63, 3.8) is 0 Å². The Hall–Kier alpha value is -2.53. The van der Waals surface area contributed by atoms with E-state index in [9.17, 15) is 14.7 Å². The first-order valence-electron chi connectivity index (χ1n) is 11.6. The van der Waals surface area contributed by atoms with E-state index < -0.39 is 33.6 Å². The molecule has 0 radical (unpaired) electrons. The molecule has 0 aliphatic heterocycles. The van der Waals surface area contributed by atoms with Crippen LogP contribution in [0.5, 0.6) is 5.75 Å². The van der Waals surface area contributed by atoms with E-state index in [1.807, 2.05) is 47.6 Å². The Morgan fingerprint density at radius 3 is 1.62 bits per heavy atom. The quantitative estimate of drug-likeness (QED) is 0.280. The summed E-state index contributed by atoms with van der Waals surface area (Å²) in [6, 6.07) is 12.3. The molecule has 186 valence electrons. The number of phenols is 1. The van der Waals surface area contributed by atoms with Crippen LogP contribution in [0.2, 0.25) is 0 Å². The van der Waals surface area contributed by atoms with Crippen LogP contribution >= 0.6 is 11.6 Å². The zero-order valence-corrected chi connectivity index (χ0v) is 22.2. The highest BCUT2D eigenvalue weighted by Crippen LogP contribution is 2.49. The van der Waals surface area contributed by atoms with Gasteiger partial charge >= 0.3 is 11.9 Å². The van der Waals surface area contributed by atoms with E-state index >= 15 is 0 Å². The molecule has 5 nitrogen and oxygen atoms in total. The molecule has 2 aromatic rings. The standard InChI is InChI=1S/C28H37ClO5/c1-9-33-24(31)28(25(32)34-10-2,23(29)18-14-12-11-13-15-18)19-16-20(26(3,4)5)22(30)21(17-19)27(6,7)8/h11-17,23,30H,9-10H2,1-8H3/t23-/m0/s1. The molecule has 2 aromatic carbocycles. The second kappa shape index (κ2) is 10.4. The van der Waals surface area contributed by atoms with Crippen molar-refractivity contribution in [2.24, 2.45) is 0 Å². The summed E-state index contributed by atoms with van der Waals surface area (Å²) in [6.45, 7) is 15.3. The SMILES string of the molecule is CCOC(=O)C(C(=O)OCC)(c1cc(C(C)(C)C)c(O)c(C(C)(C)C)c1)[C@@H](Cl)c1ccccc1. The lowest BCUT2D eigenvalue weighted by Crippen LogP contribution is -2.49. The molecule has 0 aromatic heterocycles. The van der Waals surface area contributed by atoms with Crippen LogP contribution in [0.1, 0.15) is 83.0 Å². The number of esters is 2. The smallest absolute Gasteiger partial charge is 0.329 e. The van der Waals surface area contributed by atoms with Crippen LogP contribution in [0.3, 0.4) is 0 Å². The minimum absolute atomic E-state index is 0.0642. The van der Waals surface area contributed by atoms with Crippen molar-refractivity contribution in [2.45, 2.75) is 77.0 Å². The van der Waals surface area contributed by atoms with Gasteiger partial charge in [0.05, 0.1) is 18.6 Å². The summed E-state index contributed by atoms with van der Waals surface area (Å²) in [5.74, 6) is -1.44. The van der Waals surface area contributed by atoms with Gasteiger partial charge in [0.2, 0.25) is 5.41 Å². The molecule has 0 saturated carbocycles. The van der Waals surface area contributed by atoms with Crippen molar-refractivity contribution in [2.75, 3.05) is 13.2 Å². The van der Waals surface area contributed by atoms with Crippen LogP contribution in [-0.2, 0) is 35.3 Å². The van der Waals surface area contributed by atoms with Gasteiger partial charge in [-0.3, -0.25) is 9.59 Å². The Labute approximate surface area is 208 Å². The van der Waals surface area contributed by atoms with Crippen LogP contribution in [0, 0.1) is 0 Å². The van der Waals surface area contributed by atoms with Gasteiger partial charge < -0.3 is 14.6 Å². The Bertz CT molecular complexity index is 962. The highest BCUT2D eigenvalue weighted by Gasteiger charge is 2.57. The van der Waals surface area contributed by atoms with E-state index in [1.165, 1.54) is 0 Å². The van der Waals surface area contributed by atoms with Crippen LogP contribution < -0.4 is 0 Å². The molecule has 0 heterocycles. The van der Waals surface area contributed by atoms with E-state index in [0.717, 1.165) is 0 Å². The van der Waals surface area contributed by atoms with Gasteiger partial charge in [0.1, 0.15) is 5.75 Å². The molecule has 0 saturated heterocycles. The largest absolute Gasteiger partial charge is 0.507 e. The molecule has 0 aliphatic rings. The third-order valence-corrected chi connectivity index (χ3v) is 6.43. The third kappa shape index (κ3) is 5.25. The van der Waals surface area contributed by atoms with E-state index in [-0.39, 0.29) is 19.0 Å². The third-order valence-electron chi connectivity index (χ3n) is 5.85. The number of hydrogen-bond donors (Lipinski definition) is 1. The summed E-state index contributed by atoms with van der Waals surface area (Å²) >= 11 is 7.03. The topological polar surface area (TPSA) is 72.8 Å². The molecule has 0 aliphatic carbocycles. The zero-order chi connectivity index (χ0) is 25.9. The number of carbonyl (C=O) groups is 2. The maximum atomic E-state index is 13.7. The molecule has 0 amide bonds. The lowest BCUT2D eigenvalue weighted by molar-refractivity contribution is -0.165. The molecule has 1 atom stereocenters. The number of rotatable bonds is 7. The van der Waals surface area contributed by atoms with Gasteiger partial charge in [-0.15, -0.1) is 11.6 Å². The number of hydrogen-bond acceptors (Lipinski definition) is 5. The van der Waals surface area contributed by atoms with Gasteiger partial charge in [-0.2, -0.15) is 0 Å². The second-order valence-electron chi connectivity index (χ2n) is 10.4. The fourth-order valence-corrected chi connectivity index (χ4v) is 4.49. The minimum Gasteiger partial charge on any atom is -0.507 e. The number of halogens is 1. The lowest BCUT2D eigenvalue weighted by Gasteiger charge is -2.36. The van der Waals surface area contributed by atoms with Gasteiger partial charge in [0, 0.05) is 0 Å². The van der Waals surface area contributed by atoms with Crippen LogP contribution in [-0.4, -0.2) is 30.3 Å². The van der Waals surface area contributed by atoms with Crippen LogP contribution in [0.25, 0.3) is 0 Å². The number of carbonyl (C=O) groups excluding carboxylic acids is 2. The van der Waals surface area contributed by atoms with Crippen molar-refractivity contribution in [1.29, 1.82) is 0 Å². The zero-order valence-electron chi connectivity index (χ0n) is 21.5. The number of alkyl halides is 1. The predicted octanol–water partition coefficient (Wildman–Crippen LogP) is 6.33. The highest BCUT2D eigenvalue weighted by atomic mass is 35.5. The normalized spacial score (nSPS) is 13.3. The molecular weight excluding hydrogens is 452 g/mol. The number of aromatic hydroxyl groups is 1. The Morgan fingerprint density at radius 1 is 0.853 bits per heavy atom. The van der Waals surface area contributed by atoms with Crippen molar-refractivity contribution in [1.82, 2.24) is 0 Å². The van der Waals surface area contributed by atoms with Gasteiger partial charge in [0.25, 0.3) is 0 Å². The average molecular weight is 489 g/mol. The second-order valence-corrected chi connectivity index (χ2v) is 10.9. The first kappa shape index (κ1) is 27.7. The summed E-state index contributed by atoms with van der Waals surface area (Å²) in [5.41, 5.74) is -0.834. The average Bonchev–Trinajstić information content (AvgIpc) is 2.74. The van der Waals surface area contributed by atoms with Crippen molar-refractivity contribution in [3.8, 4) is 5.75 Å². The van der Waals surface area contributed by atoms with Gasteiger partial charge in [-0.1, -0.05) is 71.9 Å². The lowest BCUT2D eigenvalue weighted by atomic mass is 9.70. The van der Waals surface area contributed by atoms with E-state index in [0.29, 0.717) is 22.3 Å². The number of phenolic OH excluding ortho intramolecular Hbond substituents is 1. The molecule has 6 heteroatoms. The summed E-state index contributed by atoms with van der Waals surface area (Å²) in [5, 5.41) is 10.1. The Kier molecular flexibility index (Phi) is 8.47. The Balaban J connectivity index is 3.07. The molecule has 34 heavy (non-hydrogen) atoms. The molecule has 0 unspecified atom stereocenters. The van der Waals surface area contributed by atoms with Gasteiger partial charge in [-0.25, -0.2) is 0 Å². The van der Waals surface area contributed by atoms with Crippen molar-refractivity contribution < 1.29 is 24.2 Å². The predicted molar refractivity (Wildman–Crippen MR) is 135 cm³/mol. The maximum absolute atomic E-state index is 13.7. The molecular formula is C28H37ClO5. The molecule has 1 N–H and O–H groups in total. The van der Waals surface area contributed by atoms with Crippen molar-refractivity contribution >= 4 is 23.5 Å². The molecule has 0 fully saturated rings. The number of ether oxygens (including phenoxy) is 2. The highest BCUT2D eigenvalue weighted by molar-refractivity contribution is 6.27. The maximum Gasteiger partial charge on any atom is 0.329 e. The summed E-state index contributed by atoms with van der Waals surface area (Å²) in [4.78, 5) is 27.5. The summed E-state index contributed by atoms with van der Waals surface area (Å²) in [6.07, 6.45) is 0. The van der Waals surface area contributed by atoms with Crippen LogP contribution in [0.15, 0.2) is 42.5 Å². The van der Waals surface area contributed by atoms with Crippen LogP contribution in [0.4, 0.5) is 0 Å². The summed E-state index contributed by atoms with van der Waals surface area (Å²) in [7, 11) is 0. The van der Waals surface area contributed by atoms with E-state index in [4.69, 9.17) is 21.1 Å². The van der Waals surface area contributed by atoms with Crippen molar-refractivity contribution in [3.05, 3.63) is 64.7 Å². The molecule has 0 spiro atoms. The first-order valence-corrected chi connectivity index (χ1v) is 12.1. The van der Waals surface area contributed by atoms with E-state index in [1.54, 1.807) is 50.2 Å². The fraction of sp³-hybridized carbons (Fsp3) is 0.500. The van der Waals surface area contributed by atoms with Gasteiger partial charge in [-0.05, 0) is 59.1 Å². The monoisotopic (exact) mass is 488 g/mol.